The van der Waals surface area contributed by atoms with Gasteiger partial charge in [-0.25, -0.2) is 17.8 Å². The van der Waals surface area contributed by atoms with Gasteiger partial charge in [-0.3, -0.25) is 4.79 Å². The molecule has 1 amide bonds. The molecule has 2 aliphatic heterocycles. The molecule has 0 unspecified atom stereocenters. The lowest BCUT2D eigenvalue weighted by molar-refractivity contribution is -0.136. The molecular weight excluding hydrogens is 399 g/mol. The van der Waals surface area contributed by atoms with Crippen LogP contribution < -0.4 is 10.5 Å². The van der Waals surface area contributed by atoms with E-state index in [1.165, 1.54) is 22.6 Å². The number of ether oxygens (including phenoxy) is 1. The molecule has 0 atom stereocenters. The number of piperidine rings is 1. The van der Waals surface area contributed by atoms with Gasteiger partial charge in [-0.15, -0.1) is 0 Å². The van der Waals surface area contributed by atoms with E-state index in [1.807, 2.05) is 4.90 Å². The molecule has 2 N–H and O–H groups in total. The Kier molecular flexibility index (Phi) is 6.86. The lowest BCUT2D eigenvalue weighted by Gasteiger charge is -2.45. The van der Waals surface area contributed by atoms with Crippen LogP contribution >= 0.6 is 0 Å². The molecule has 2 fully saturated rings. The number of hydrogen-bond donors (Lipinski definition) is 1. The topological polar surface area (TPSA) is 106 Å². The third-order valence-corrected chi connectivity index (χ3v) is 7.57. The number of halogens is 1. The number of carbonyl (C=O) groups excluding carboxylic acids is 1. The van der Waals surface area contributed by atoms with E-state index in [4.69, 9.17) is 10.5 Å². The van der Waals surface area contributed by atoms with Crippen LogP contribution in [0.2, 0.25) is 0 Å². The van der Waals surface area contributed by atoms with E-state index >= 15 is 0 Å². The SMILES string of the molecule is CC(=O)N1CC(C2CCN(S(=O)(=O)c3ccc(OC/C(=C/F)CN)nc3)CC2)C1. The van der Waals surface area contributed by atoms with E-state index in [0.29, 0.717) is 31.3 Å². The molecule has 0 bridgehead atoms. The van der Waals surface area contributed by atoms with Crippen molar-refractivity contribution in [3.05, 3.63) is 30.2 Å². The fourth-order valence-electron chi connectivity index (χ4n) is 3.71. The van der Waals surface area contributed by atoms with Gasteiger partial charge < -0.3 is 15.4 Å². The average Bonchev–Trinajstić information content (AvgIpc) is 2.68. The molecule has 1 aromatic heterocycles. The van der Waals surface area contributed by atoms with Crippen LogP contribution in [0, 0.1) is 11.8 Å². The number of amides is 1. The van der Waals surface area contributed by atoms with Crippen LogP contribution in [0.5, 0.6) is 5.88 Å². The normalized spacial score (nSPS) is 19.8. The van der Waals surface area contributed by atoms with E-state index in [0.717, 1.165) is 25.9 Å². The van der Waals surface area contributed by atoms with Crippen molar-refractivity contribution in [2.24, 2.45) is 17.6 Å². The first-order valence-corrected chi connectivity index (χ1v) is 11.1. The number of nitrogens with zero attached hydrogens (tertiary/aromatic N) is 3. The zero-order chi connectivity index (χ0) is 21.0. The van der Waals surface area contributed by atoms with Crippen molar-refractivity contribution >= 4 is 15.9 Å². The standard InChI is InChI=1S/C19H27FN4O4S/c1-14(25)23-11-17(12-23)16-4-6-24(7-5-16)29(26,27)18-2-3-19(22-10-18)28-13-15(8-20)9-21/h2-3,8,10,16-17H,4-7,9,11-13,21H2,1H3/b15-8+. The number of hydrogen-bond acceptors (Lipinski definition) is 6. The fourth-order valence-corrected chi connectivity index (χ4v) is 5.13. The predicted octanol–water partition coefficient (Wildman–Crippen LogP) is 1.15. The third kappa shape index (κ3) is 4.93. The molecule has 0 spiro atoms. The zero-order valence-corrected chi connectivity index (χ0v) is 17.3. The summed E-state index contributed by atoms with van der Waals surface area (Å²) in [4.78, 5) is 17.3. The summed E-state index contributed by atoms with van der Waals surface area (Å²) in [6.45, 7) is 4.05. The van der Waals surface area contributed by atoms with Crippen LogP contribution in [-0.2, 0) is 14.8 Å². The van der Waals surface area contributed by atoms with Crippen LogP contribution in [0.15, 0.2) is 35.1 Å². The summed E-state index contributed by atoms with van der Waals surface area (Å²) in [6.07, 6.45) is 3.24. The van der Waals surface area contributed by atoms with Gasteiger partial charge in [-0.1, -0.05) is 0 Å². The summed E-state index contributed by atoms with van der Waals surface area (Å²) in [6, 6.07) is 2.90. The Morgan fingerprint density at radius 2 is 2.00 bits per heavy atom. The molecule has 3 heterocycles. The van der Waals surface area contributed by atoms with Gasteiger partial charge in [-0.05, 0) is 30.7 Å². The summed E-state index contributed by atoms with van der Waals surface area (Å²) in [5.74, 6) is 1.22. The van der Waals surface area contributed by atoms with E-state index < -0.39 is 10.0 Å². The minimum atomic E-state index is -3.62. The van der Waals surface area contributed by atoms with Gasteiger partial charge in [0.2, 0.25) is 21.8 Å². The third-order valence-electron chi connectivity index (χ3n) is 5.69. The lowest BCUT2D eigenvalue weighted by Crippen LogP contribution is -2.53. The van der Waals surface area contributed by atoms with Gasteiger partial charge in [-0.2, -0.15) is 4.31 Å². The summed E-state index contributed by atoms with van der Waals surface area (Å²) in [5.41, 5.74) is 5.64. The quantitative estimate of drug-likeness (QED) is 0.701. The maximum atomic E-state index is 12.9. The molecule has 160 valence electrons. The molecule has 2 saturated heterocycles. The number of sulfonamides is 1. The Morgan fingerprint density at radius 1 is 1.31 bits per heavy atom. The van der Waals surface area contributed by atoms with Crippen LogP contribution in [0.3, 0.4) is 0 Å². The van der Waals surface area contributed by atoms with Crippen LogP contribution in [0.25, 0.3) is 0 Å². The number of aromatic nitrogens is 1. The second-order valence-corrected chi connectivity index (χ2v) is 9.46. The smallest absolute Gasteiger partial charge is 0.244 e. The van der Waals surface area contributed by atoms with Crippen molar-refractivity contribution in [1.82, 2.24) is 14.2 Å². The van der Waals surface area contributed by atoms with Crippen LogP contribution in [0.1, 0.15) is 19.8 Å². The first-order chi connectivity index (χ1) is 13.8. The molecular formula is C19H27FN4O4S. The molecule has 2 aliphatic rings. The fraction of sp³-hybridized carbons (Fsp3) is 0.579. The van der Waals surface area contributed by atoms with Crippen molar-refractivity contribution in [2.45, 2.75) is 24.7 Å². The average molecular weight is 427 g/mol. The summed E-state index contributed by atoms with van der Waals surface area (Å²) < 4.78 is 45.1. The van der Waals surface area contributed by atoms with Gasteiger partial charge in [0.25, 0.3) is 0 Å². The Hall–Kier alpha value is -2.04. The van der Waals surface area contributed by atoms with Crippen LogP contribution in [0.4, 0.5) is 4.39 Å². The minimum Gasteiger partial charge on any atom is -0.473 e. The molecule has 0 aromatic carbocycles. The predicted molar refractivity (Wildman–Crippen MR) is 105 cm³/mol. The van der Waals surface area contributed by atoms with Gasteiger partial charge in [0.15, 0.2) is 0 Å². The first kappa shape index (κ1) is 21.7. The van der Waals surface area contributed by atoms with Gasteiger partial charge in [0.1, 0.15) is 11.5 Å². The highest BCUT2D eigenvalue weighted by Crippen LogP contribution is 2.33. The number of rotatable bonds is 7. The van der Waals surface area contributed by atoms with Crippen molar-refractivity contribution in [2.75, 3.05) is 39.3 Å². The van der Waals surface area contributed by atoms with E-state index in [9.17, 15) is 17.6 Å². The Morgan fingerprint density at radius 3 is 2.52 bits per heavy atom. The zero-order valence-electron chi connectivity index (χ0n) is 16.5. The van der Waals surface area contributed by atoms with E-state index in [1.54, 1.807) is 6.92 Å². The molecule has 3 rings (SSSR count). The van der Waals surface area contributed by atoms with Crippen molar-refractivity contribution < 1.29 is 22.3 Å². The summed E-state index contributed by atoms with van der Waals surface area (Å²) in [5, 5.41) is 0. The van der Waals surface area contributed by atoms with Crippen molar-refractivity contribution in [3.8, 4) is 5.88 Å². The summed E-state index contributed by atoms with van der Waals surface area (Å²) in [7, 11) is -3.62. The first-order valence-electron chi connectivity index (χ1n) is 9.68. The lowest BCUT2D eigenvalue weighted by atomic mass is 9.80. The molecule has 29 heavy (non-hydrogen) atoms. The minimum absolute atomic E-state index is 0.0343. The molecule has 10 heteroatoms. The Labute approximate surface area is 170 Å². The number of carbonyl (C=O) groups is 1. The molecule has 0 aliphatic carbocycles. The largest absolute Gasteiger partial charge is 0.473 e. The van der Waals surface area contributed by atoms with E-state index in [-0.39, 0.29) is 35.4 Å². The van der Waals surface area contributed by atoms with Gasteiger partial charge in [0.05, 0.1) is 12.5 Å². The Balaban J connectivity index is 1.54. The Bertz CT molecular complexity index is 845. The molecule has 1 aromatic rings. The highest BCUT2D eigenvalue weighted by Gasteiger charge is 2.38. The van der Waals surface area contributed by atoms with Crippen molar-refractivity contribution in [3.63, 3.8) is 0 Å². The molecule has 0 saturated carbocycles. The molecule has 0 radical (unpaired) electrons. The second-order valence-electron chi connectivity index (χ2n) is 7.52. The maximum absolute atomic E-state index is 12.9. The highest BCUT2D eigenvalue weighted by molar-refractivity contribution is 7.89. The molecule has 8 nitrogen and oxygen atoms in total. The number of nitrogens with two attached hydrogens (primary N) is 1. The summed E-state index contributed by atoms with van der Waals surface area (Å²) >= 11 is 0. The second kappa shape index (κ2) is 9.19. The number of pyridine rings is 1. The van der Waals surface area contributed by atoms with Gasteiger partial charge in [0, 0.05) is 51.3 Å². The van der Waals surface area contributed by atoms with Crippen molar-refractivity contribution in [1.29, 1.82) is 0 Å². The van der Waals surface area contributed by atoms with E-state index in [2.05, 4.69) is 4.98 Å². The maximum Gasteiger partial charge on any atom is 0.244 e. The highest BCUT2D eigenvalue weighted by atomic mass is 32.2. The number of likely N-dealkylation sites (tertiary alicyclic amines) is 1. The van der Waals surface area contributed by atoms with Gasteiger partial charge >= 0.3 is 0 Å². The van der Waals surface area contributed by atoms with Crippen LogP contribution in [-0.4, -0.2) is 67.8 Å². The monoisotopic (exact) mass is 426 g/mol.